The zero-order valence-corrected chi connectivity index (χ0v) is 18.6. The number of nitrogens with one attached hydrogen (secondary N) is 1. The molecule has 0 aromatic heterocycles. The van der Waals surface area contributed by atoms with Crippen LogP contribution in [0.2, 0.25) is 0 Å². The average molecular weight is 426 g/mol. The molecule has 28 heavy (non-hydrogen) atoms. The maximum Gasteiger partial charge on any atom is 0.241 e. The lowest BCUT2D eigenvalue weighted by molar-refractivity contribution is 0.406. The molecule has 2 rings (SSSR count). The molecule has 0 amide bonds. The Balaban J connectivity index is 2.35. The summed E-state index contributed by atoms with van der Waals surface area (Å²) in [7, 11) is -5.58. The van der Waals surface area contributed by atoms with E-state index in [0.29, 0.717) is 0 Å². The highest BCUT2D eigenvalue weighted by Crippen LogP contribution is 2.32. The summed E-state index contributed by atoms with van der Waals surface area (Å²) in [4.78, 5) is 0.0917. The van der Waals surface area contributed by atoms with Crippen LogP contribution in [0.25, 0.3) is 0 Å². The number of hydrogen-bond acceptors (Lipinski definition) is 5. The number of benzene rings is 2. The first-order chi connectivity index (χ1) is 12.9. The van der Waals surface area contributed by atoms with E-state index in [1.165, 1.54) is 24.3 Å². The standard InChI is InChI=1S/C20H27NO5S2/c1-13(2)18-12-19(14(3)11-20(18)26-5)15(4)21-28(24,25)17-9-7-16(8-10-17)27(6,22)23/h7-13,15,21H,1-6H3/t15-/m1/s1. The molecular formula is C20H27NO5S2. The fourth-order valence-corrected chi connectivity index (χ4v) is 4.89. The third-order valence-electron chi connectivity index (χ3n) is 4.60. The van der Waals surface area contributed by atoms with Gasteiger partial charge in [-0.15, -0.1) is 0 Å². The monoisotopic (exact) mass is 425 g/mol. The number of methoxy groups -OCH3 is 1. The van der Waals surface area contributed by atoms with Crippen LogP contribution in [-0.4, -0.2) is 30.2 Å². The van der Waals surface area contributed by atoms with Gasteiger partial charge in [0.05, 0.1) is 16.9 Å². The van der Waals surface area contributed by atoms with Gasteiger partial charge < -0.3 is 4.74 Å². The summed E-state index contributed by atoms with van der Waals surface area (Å²) in [6.45, 7) is 7.79. The van der Waals surface area contributed by atoms with Crippen molar-refractivity contribution < 1.29 is 21.6 Å². The van der Waals surface area contributed by atoms with Crippen molar-refractivity contribution in [2.24, 2.45) is 0 Å². The van der Waals surface area contributed by atoms with E-state index in [1.807, 2.05) is 19.1 Å². The second kappa shape index (κ2) is 8.23. The third-order valence-corrected chi connectivity index (χ3v) is 7.29. The Hall–Kier alpha value is -1.90. The summed E-state index contributed by atoms with van der Waals surface area (Å²) in [6.07, 6.45) is 1.08. The largest absolute Gasteiger partial charge is 0.496 e. The Morgan fingerprint density at radius 3 is 1.89 bits per heavy atom. The van der Waals surface area contributed by atoms with Crippen LogP contribution >= 0.6 is 0 Å². The van der Waals surface area contributed by atoms with Crippen LogP contribution < -0.4 is 9.46 Å². The van der Waals surface area contributed by atoms with E-state index in [0.717, 1.165) is 28.7 Å². The molecule has 0 heterocycles. The van der Waals surface area contributed by atoms with E-state index < -0.39 is 25.9 Å². The van der Waals surface area contributed by atoms with E-state index in [9.17, 15) is 16.8 Å². The number of rotatable bonds is 7. The van der Waals surface area contributed by atoms with Crippen LogP contribution in [0.4, 0.5) is 0 Å². The topological polar surface area (TPSA) is 89.5 Å². The van der Waals surface area contributed by atoms with Crippen molar-refractivity contribution in [3.8, 4) is 5.75 Å². The first-order valence-electron chi connectivity index (χ1n) is 8.87. The minimum atomic E-state index is -3.81. The summed E-state index contributed by atoms with van der Waals surface area (Å²) in [5.74, 6) is 1.00. The molecule has 0 unspecified atom stereocenters. The summed E-state index contributed by atoms with van der Waals surface area (Å²) in [5.41, 5.74) is 2.79. The van der Waals surface area contributed by atoms with Crippen LogP contribution in [0.3, 0.4) is 0 Å². The van der Waals surface area contributed by atoms with E-state index in [4.69, 9.17) is 4.74 Å². The molecule has 0 aliphatic carbocycles. The van der Waals surface area contributed by atoms with Gasteiger partial charge in [-0.1, -0.05) is 13.8 Å². The van der Waals surface area contributed by atoms with Crippen molar-refractivity contribution in [2.75, 3.05) is 13.4 Å². The second-order valence-corrected chi connectivity index (χ2v) is 10.9. The summed E-state index contributed by atoms with van der Waals surface area (Å²) in [5, 5.41) is 0. The minimum Gasteiger partial charge on any atom is -0.496 e. The molecular weight excluding hydrogens is 398 g/mol. The maximum atomic E-state index is 12.7. The molecule has 0 saturated carbocycles. The highest BCUT2D eigenvalue weighted by atomic mass is 32.2. The lowest BCUT2D eigenvalue weighted by atomic mass is 9.94. The van der Waals surface area contributed by atoms with Crippen LogP contribution in [0.1, 0.15) is 49.4 Å². The Morgan fingerprint density at radius 1 is 0.893 bits per heavy atom. The second-order valence-electron chi connectivity index (χ2n) is 7.19. The molecule has 0 fully saturated rings. The molecule has 0 aliphatic rings. The molecule has 2 aromatic rings. The normalized spacial score (nSPS) is 13.5. The maximum absolute atomic E-state index is 12.7. The Morgan fingerprint density at radius 2 is 1.43 bits per heavy atom. The molecule has 0 spiro atoms. The van der Waals surface area contributed by atoms with E-state index in [2.05, 4.69) is 18.6 Å². The highest BCUT2D eigenvalue weighted by Gasteiger charge is 2.22. The first kappa shape index (κ1) is 22.4. The third kappa shape index (κ3) is 4.92. The van der Waals surface area contributed by atoms with Crippen molar-refractivity contribution in [3.63, 3.8) is 0 Å². The zero-order valence-electron chi connectivity index (χ0n) is 17.0. The molecule has 8 heteroatoms. The SMILES string of the molecule is COc1cc(C)c([C@@H](C)NS(=O)(=O)c2ccc(S(C)(=O)=O)cc2)cc1C(C)C. The molecule has 2 aromatic carbocycles. The molecule has 0 aliphatic heterocycles. The molecule has 6 nitrogen and oxygen atoms in total. The fourth-order valence-electron chi connectivity index (χ4n) is 3.04. The lowest BCUT2D eigenvalue weighted by Crippen LogP contribution is -2.27. The zero-order chi connectivity index (χ0) is 21.3. The number of sulfone groups is 1. The van der Waals surface area contributed by atoms with Gasteiger partial charge in [-0.3, -0.25) is 0 Å². The fraction of sp³-hybridized carbons (Fsp3) is 0.400. The van der Waals surface area contributed by atoms with Crippen LogP contribution in [0.5, 0.6) is 5.75 Å². The van der Waals surface area contributed by atoms with Crippen molar-refractivity contribution >= 4 is 19.9 Å². The van der Waals surface area contributed by atoms with E-state index in [1.54, 1.807) is 14.0 Å². The van der Waals surface area contributed by atoms with Crippen molar-refractivity contribution in [1.29, 1.82) is 0 Å². The van der Waals surface area contributed by atoms with Gasteiger partial charge >= 0.3 is 0 Å². The smallest absolute Gasteiger partial charge is 0.241 e. The van der Waals surface area contributed by atoms with Gasteiger partial charge in [0.2, 0.25) is 10.0 Å². The van der Waals surface area contributed by atoms with Gasteiger partial charge in [0.15, 0.2) is 9.84 Å². The summed E-state index contributed by atoms with van der Waals surface area (Å²) < 4.78 is 56.7. The quantitative estimate of drug-likeness (QED) is 0.732. The molecule has 0 radical (unpaired) electrons. The van der Waals surface area contributed by atoms with E-state index >= 15 is 0 Å². The minimum absolute atomic E-state index is 0.0157. The highest BCUT2D eigenvalue weighted by molar-refractivity contribution is 7.90. The summed E-state index contributed by atoms with van der Waals surface area (Å²) >= 11 is 0. The molecule has 154 valence electrons. The van der Waals surface area contributed by atoms with Gasteiger partial charge in [0, 0.05) is 12.3 Å². The average Bonchev–Trinajstić information content (AvgIpc) is 2.59. The Kier molecular flexibility index (Phi) is 6.58. The first-order valence-corrected chi connectivity index (χ1v) is 12.2. The van der Waals surface area contributed by atoms with E-state index in [-0.39, 0.29) is 15.7 Å². The number of aryl methyl sites for hydroxylation is 1. The van der Waals surface area contributed by atoms with Crippen LogP contribution in [-0.2, 0) is 19.9 Å². The molecule has 1 N–H and O–H groups in total. The van der Waals surface area contributed by atoms with Crippen LogP contribution in [0.15, 0.2) is 46.2 Å². The van der Waals surface area contributed by atoms with Gasteiger partial charge in [-0.25, -0.2) is 21.6 Å². The predicted molar refractivity (Wildman–Crippen MR) is 110 cm³/mol. The van der Waals surface area contributed by atoms with Crippen molar-refractivity contribution in [2.45, 2.75) is 49.4 Å². The number of ether oxygens (including phenoxy) is 1. The molecule has 1 atom stereocenters. The number of sulfonamides is 1. The predicted octanol–water partition coefficient (Wildman–Crippen LogP) is 3.57. The molecule has 0 saturated heterocycles. The van der Waals surface area contributed by atoms with Gasteiger partial charge in [0.25, 0.3) is 0 Å². The van der Waals surface area contributed by atoms with Crippen LogP contribution in [0, 0.1) is 6.92 Å². The Labute approximate surface area is 167 Å². The van der Waals surface area contributed by atoms with Gasteiger partial charge in [-0.05, 0) is 72.9 Å². The van der Waals surface area contributed by atoms with Crippen molar-refractivity contribution in [1.82, 2.24) is 4.72 Å². The lowest BCUT2D eigenvalue weighted by Gasteiger charge is -2.21. The van der Waals surface area contributed by atoms with Gasteiger partial charge in [0.1, 0.15) is 5.75 Å². The Bertz CT molecular complexity index is 1060. The molecule has 0 bridgehead atoms. The van der Waals surface area contributed by atoms with Gasteiger partial charge in [-0.2, -0.15) is 0 Å². The summed E-state index contributed by atoms with van der Waals surface area (Å²) in [6, 6.07) is 8.60. The van der Waals surface area contributed by atoms with Crippen molar-refractivity contribution in [3.05, 3.63) is 53.1 Å². The number of hydrogen-bond donors (Lipinski definition) is 1.